The van der Waals surface area contributed by atoms with E-state index in [0.717, 1.165) is 36.6 Å². The van der Waals surface area contributed by atoms with Crippen LogP contribution in [0, 0.1) is 0 Å². The molecule has 0 radical (unpaired) electrons. The molecule has 0 unspecified atom stereocenters. The molecule has 1 atom stereocenters. The largest absolute Gasteiger partial charge is 0.443 e. The molecule has 4 aromatic heterocycles. The maximum atomic E-state index is 13.8. The lowest BCUT2D eigenvalue weighted by atomic mass is 10.1. The molecule has 41 heavy (non-hydrogen) atoms. The number of hydrogen-bond donors (Lipinski definition) is 1. The quantitative estimate of drug-likeness (QED) is 0.363. The Balaban J connectivity index is 1.35. The third kappa shape index (κ3) is 4.77. The van der Waals surface area contributed by atoms with Crippen LogP contribution in [0.5, 0.6) is 0 Å². The van der Waals surface area contributed by atoms with Crippen LogP contribution in [-0.4, -0.2) is 66.1 Å². The number of amides is 2. The molecule has 1 N–H and O–H groups in total. The highest BCUT2D eigenvalue weighted by Crippen LogP contribution is 2.34. The Morgan fingerprint density at radius 3 is 2.80 bits per heavy atom. The van der Waals surface area contributed by atoms with E-state index in [-0.39, 0.29) is 25.1 Å². The van der Waals surface area contributed by atoms with E-state index in [4.69, 9.17) is 14.7 Å². The fourth-order valence-electron chi connectivity index (χ4n) is 5.45. The lowest BCUT2D eigenvalue weighted by Crippen LogP contribution is -2.28. The van der Waals surface area contributed by atoms with E-state index in [1.807, 2.05) is 33.5 Å². The number of aromatic nitrogens is 7. The lowest BCUT2D eigenvalue weighted by molar-refractivity contribution is 0.0996. The number of hydrogen-bond acceptors (Lipinski definition) is 9. The van der Waals surface area contributed by atoms with Crippen molar-refractivity contribution in [3.8, 4) is 17.3 Å². The molecule has 1 saturated heterocycles. The molecule has 0 bridgehead atoms. The summed E-state index contributed by atoms with van der Waals surface area (Å²) in [5, 5.41) is 15.3. The molecular formula is C28H32N10O3. The number of nitrogens with zero attached hydrogens (tertiary/aromatic N) is 9. The Labute approximate surface area is 237 Å². The molecule has 6 heterocycles. The van der Waals surface area contributed by atoms with Crippen LogP contribution in [0.2, 0.25) is 0 Å². The summed E-state index contributed by atoms with van der Waals surface area (Å²) in [5.74, 6) is 2.36. The van der Waals surface area contributed by atoms with Gasteiger partial charge in [-0.05, 0) is 51.8 Å². The van der Waals surface area contributed by atoms with Gasteiger partial charge in [-0.25, -0.2) is 19.4 Å². The number of rotatable bonds is 7. The van der Waals surface area contributed by atoms with Gasteiger partial charge in [0.2, 0.25) is 0 Å². The molecule has 13 nitrogen and oxygen atoms in total. The van der Waals surface area contributed by atoms with Gasteiger partial charge in [-0.1, -0.05) is 6.07 Å². The summed E-state index contributed by atoms with van der Waals surface area (Å²) in [6.45, 7) is 7.33. The highest BCUT2D eigenvalue weighted by molar-refractivity contribution is 6.10. The predicted molar refractivity (Wildman–Crippen MR) is 151 cm³/mol. The van der Waals surface area contributed by atoms with Crippen LogP contribution < -0.4 is 15.1 Å². The minimum absolute atomic E-state index is 0.0424. The summed E-state index contributed by atoms with van der Waals surface area (Å²) in [6.07, 6.45) is 4.92. The molecule has 4 aromatic rings. The first-order chi connectivity index (χ1) is 19.9. The van der Waals surface area contributed by atoms with Gasteiger partial charge < -0.3 is 15.0 Å². The second-order valence-electron chi connectivity index (χ2n) is 10.5. The summed E-state index contributed by atoms with van der Waals surface area (Å²) in [6, 6.07) is 9.68. The Kier molecular flexibility index (Phi) is 6.85. The van der Waals surface area contributed by atoms with Crippen molar-refractivity contribution in [1.29, 1.82) is 0 Å². The van der Waals surface area contributed by atoms with Crippen LogP contribution in [0.1, 0.15) is 61.3 Å². The first-order valence-corrected chi connectivity index (χ1v) is 13.7. The summed E-state index contributed by atoms with van der Waals surface area (Å²) in [4.78, 5) is 39.2. The zero-order valence-corrected chi connectivity index (χ0v) is 23.5. The maximum Gasteiger partial charge on any atom is 0.407 e. The first-order valence-electron chi connectivity index (χ1n) is 13.7. The fraction of sp³-hybridized carbons (Fsp3) is 0.393. The number of alkyl carbamates (subject to hydrolysis) is 1. The van der Waals surface area contributed by atoms with E-state index in [1.54, 1.807) is 23.5 Å². The Hall–Kier alpha value is -4.81. The monoisotopic (exact) mass is 556 g/mol. The minimum Gasteiger partial charge on any atom is -0.443 e. The third-order valence-electron chi connectivity index (χ3n) is 7.55. The van der Waals surface area contributed by atoms with Gasteiger partial charge in [-0.3, -0.25) is 14.3 Å². The first kappa shape index (κ1) is 26.4. The van der Waals surface area contributed by atoms with Crippen molar-refractivity contribution in [2.45, 2.75) is 58.8 Å². The van der Waals surface area contributed by atoms with Crippen molar-refractivity contribution < 1.29 is 14.3 Å². The molecule has 6 rings (SSSR count). The Morgan fingerprint density at radius 1 is 1.20 bits per heavy atom. The zero-order valence-electron chi connectivity index (χ0n) is 23.5. The molecule has 212 valence electrons. The number of fused-ring (bicyclic) bond motifs is 1. The number of nitrogens with one attached hydrogen (secondary N) is 1. The van der Waals surface area contributed by atoms with E-state index >= 15 is 0 Å². The van der Waals surface area contributed by atoms with Gasteiger partial charge in [0, 0.05) is 37.3 Å². The minimum atomic E-state index is -0.557. The van der Waals surface area contributed by atoms with Gasteiger partial charge >= 0.3 is 6.09 Å². The number of carbonyl (C=O) groups is 2. The van der Waals surface area contributed by atoms with Gasteiger partial charge in [-0.15, -0.1) is 10.2 Å². The SMILES string of the molecule is CNC(=O)OCc1nc(N2CCC[C@H]2C)cc2c1CN(c1cccc(-c3nncn3-c3ccnn3C(C)C)n1)C2=O. The second kappa shape index (κ2) is 10.6. The second-order valence-corrected chi connectivity index (χ2v) is 10.5. The molecule has 0 saturated carbocycles. The van der Waals surface area contributed by atoms with Gasteiger partial charge in [0.05, 0.1) is 24.0 Å². The molecule has 1 fully saturated rings. The van der Waals surface area contributed by atoms with E-state index in [0.29, 0.717) is 34.6 Å². The number of carbonyl (C=O) groups excluding carboxylic acids is 2. The van der Waals surface area contributed by atoms with Crippen molar-refractivity contribution in [3.63, 3.8) is 0 Å². The van der Waals surface area contributed by atoms with Crippen molar-refractivity contribution in [2.75, 3.05) is 23.4 Å². The van der Waals surface area contributed by atoms with Crippen LogP contribution in [0.3, 0.4) is 0 Å². The average molecular weight is 557 g/mol. The molecule has 0 aliphatic carbocycles. The van der Waals surface area contributed by atoms with Crippen LogP contribution in [0.25, 0.3) is 17.3 Å². The lowest BCUT2D eigenvalue weighted by Gasteiger charge is -2.24. The van der Waals surface area contributed by atoms with E-state index in [9.17, 15) is 9.59 Å². The number of ether oxygens (including phenoxy) is 1. The summed E-state index contributed by atoms with van der Waals surface area (Å²) in [5.41, 5.74) is 2.40. The molecular weight excluding hydrogens is 524 g/mol. The van der Waals surface area contributed by atoms with Gasteiger partial charge in [0.15, 0.2) is 5.82 Å². The normalized spacial score (nSPS) is 16.5. The molecule has 13 heteroatoms. The van der Waals surface area contributed by atoms with E-state index in [1.165, 1.54) is 7.05 Å². The zero-order chi connectivity index (χ0) is 28.7. The molecule has 0 spiro atoms. The molecule has 2 aliphatic rings. The molecule has 2 amide bonds. The van der Waals surface area contributed by atoms with Crippen LogP contribution >= 0.6 is 0 Å². The standard InChI is InChI=1S/C28H32N10O3/c1-17(2)38-25(10-11-31-38)37-16-30-34-26(37)21-8-5-9-23(32-21)36-14-20-19(27(36)39)13-24(35-12-6-7-18(35)3)33-22(20)15-41-28(40)29-4/h5,8-11,13,16-18H,6-7,12,14-15H2,1-4H3,(H,29,40)/t18-/m1/s1. The van der Waals surface area contributed by atoms with Gasteiger partial charge in [-0.2, -0.15) is 5.10 Å². The van der Waals surface area contributed by atoms with Gasteiger partial charge in [0.1, 0.15) is 36.1 Å². The Morgan fingerprint density at radius 2 is 2.05 bits per heavy atom. The van der Waals surface area contributed by atoms with Crippen molar-refractivity contribution in [1.82, 2.24) is 39.8 Å². The summed E-state index contributed by atoms with van der Waals surface area (Å²) in [7, 11) is 1.50. The number of pyridine rings is 2. The maximum absolute atomic E-state index is 13.8. The highest BCUT2D eigenvalue weighted by Gasteiger charge is 2.35. The fourth-order valence-corrected chi connectivity index (χ4v) is 5.45. The summed E-state index contributed by atoms with van der Waals surface area (Å²) < 4.78 is 9.08. The van der Waals surface area contributed by atoms with Crippen molar-refractivity contribution in [2.24, 2.45) is 0 Å². The summed E-state index contributed by atoms with van der Waals surface area (Å²) >= 11 is 0. The Bertz CT molecular complexity index is 1610. The topological polar surface area (TPSA) is 136 Å². The van der Waals surface area contributed by atoms with E-state index < -0.39 is 6.09 Å². The smallest absolute Gasteiger partial charge is 0.407 e. The van der Waals surface area contributed by atoms with Crippen molar-refractivity contribution >= 4 is 23.6 Å². The van der Waals surface area contributed by atoms with Crippen LogP contribution in [-0.2, 0) is 17.9 Å². The van der Waals surface area contributed by atoms with E-state index in [2.05, 4.69) is 46.3 Å². The third-order valence-corrected chi connectivity index (χ3v) is 7.55. The predicted octanol–water partition coefficient (Wildman–Crippen LogP) is 3.51. The van der Waals surface area contributed by atoms with Crippen LogP contribution in [0.4, 0.5) is 16.4 Å². The molecule has 2 aliphatic heterocycles. The molecule has 0 aromatic carbocycles. The van der Waals surface area contributed by atoms with Crippen molar-refractivity contribution in [3.05, 3.63) is 59.7 Å². The van der Waals surface area contributed by atoms with Gasteiger partial charge in [0.25, 0.3) is 5.91 Å². The number of anilines is 2. The van der Waals surface area contributed by atoms with Crippen LogP contribution in [0.15, 0.2) is 42.9 Å². The highest BCUT2D eigenvalue weighted by atomic mass is 16.5. The average Bonchev–Trinajstić information content (AvgIpc) is 3.78.